The van der Waals surface area contributed by atoms with Crippen molar-refractivity contribution in [1.82, 2.24) is 10.3 Å². The molecule has 5 heteroatoms. The van der Waals surface area contributed by atoms with E-state index in [9.17, 15) is 4.79 Å². The fourth-order valence-corrected chi connectivity index (χ4v) is 0.597. The second kappa shape index (κ2) is 3.22. The lowest BCUT2D eigenvalue weighted by molar-refractivity contribution is 0.0955. The number of carbonyl (C=O) groups excluding carboxylic acids is 1. The van der Waals surface area contributed by atoms with Crippen molar-refractivity contribution < 1.29 is 9.21 Å². The number of aromatic nitrogens is 1. The van der Waals surface area contributed by atoms with Crippen molar-refractivity contribution in [2.24, 2.45) is 0 Å². The van der Waals surface area contributed by atoms with Crippen LogP contribution in [-0.4, -0.2) is 16.9 Å². The summed E-state index contributed by atoms with van der Waals surface area (Å²) in [7, 11) is 0. The van der Waals surface area contributed by atoms with E-state index in [1.165, 1.54) is 12.7 Å². The lowest BCUT2D eigenvalue weighted by Crippen LogP contribution is -2.21. The van der Waals surface area contributed by atoms with Crippen LogP contribution in [0.1, 0.15) is 10.5 Å². The number of carbonyl (C=O) groups is 1. The van der Waals surface area contributed by atoms with Crippen molar-refractivity contribution in [2.45, 2.75) is 0 Å². The molecule has 0 atom stereocenters. The van der Waals surface area contributed by atoms with Gasteiger partial charge >= 0.3 is 0 Å². The Morgan fingerprint density at radius 2 is 2.70 bits per heavy atom. The van der Waals surface area contributed by atoms with E-state index in [0.29, 0.717) is 0 Å². The Morgan fingerprint density at radius 3 is 3.20 bits per heavy atom. The standard InChI is InChI=1S/C5H5ClN2O2/c6-2-7-5(9)4-1-10-3-8-4/h1,3H,2H2,(H,7,9). The van der Waals surface area contributed by atoms with E-state index in [0.717, 1.165) is 0 Å². The second-order valence-electron chi connectivity index (χ2n) is 1.51. The first kappa shape index (κ1) is 7.08. The van der Waals surface area contributed by atoms with Crippen LogP contribution in [0.15, 0.2) is 17.1 Å². The third-order valence-corrected chi connectivity index (χ3v) is 1.03. The highest BCUT2D eigenvalue weighted by atomic mass is 35.5. The third kappa shape index (κ3) is 1.48. The highest BCUT2D eigenvalue weighted by Gasteiger charge is 2.05. The van der Waals surface area contributed by atoms with Crippen molar-refractivity contribution in [3.8, 4) is 0 Å². The lowest BCUT2D eigenvalue weighted by atomic mass is 10.5. The first-order valence-electron chi connectivity index (χ1n) is 2.57. The van der Waals surface area contributed by atoms with Gasteiger partial charge in [-0.2, -0.15) is 0 Å². The summed E-state index contributed by atoms with van der Waals surface area (Å²) in [6, 6.07) is 0.0751. The van der Waals surface area contributed by atoms with Crippen LogP contribution < -0.4 is 5.32 Å². The Balaban J connectivity index is 2.59. The zero-order valence-corrected chi connectivity index (χ0v) is 5.76. The first-order chi connectivity index (χ1) is 4.84. The molecule has 0 spiro atoms. The molecular weight excluding hydrogens is 156 g/mol. The Hall–Kier alpha value is -1.03. The molecule has 0 saturated carbocycles. The normalized spacial score (nSPS) is 9.30. The summed E-state index contributed by atoms with van der Waals surface area (Å²) in [6.45, 7) is 0. The minimum atomic E-state index is -0.330. The number of nitrogens with one attached hydrogen (secondary N) is 1. The molecule has 54 valence electrons. The van der Waals surface area contributed by atoms with Gasteiger partial charge in [-0.25, -0.2) is 4.98 Å². The zero-order chi connectivity index (χ0) is 7.40. The van der Waals surface area contributed by atoms with E-state index in [2.05, 4.69) is 14.7 Å². The molecule has 0 aliphatic heterocycles. The van der Waals surface area contributed by atoms with E-state index in [4.69, 9.17) is 11.6 Å². The monoisotopic (exact) mass is 160 g/mol. The van der Waals surface area contributed by atoms with Gasteiger partial charge < -0.3 is 9.73 Å². The largest absolute Gasteiger partial charge is 0.451 e. The van der Waals surface area contributed by atoms with Crippen molar-refractivity contribution in [3.63, 3.8) is 0 Å². The van der Waals surface area contributed by atoms with E-state index in [1.807, 2.05) is 0 Å². The number of alkyl halides is 1. The topological polar surface area (TPSA) is 55.1 Å². The van der Waals surface area contributed by atoms with Crippen LogP contribution in [0.2, 0.25) is 0 Å². The molecule has 0 unspecified atom stereocenters. The van der Waals surface area contributed by atoms with Crippen LogP contribution in [0.3, 0.4) is 0 Å². The summed E-state index contributed by atoms with van der Waals surface area (Å²) in [5, 5.41) is 2.35. The zero-order valence-electron chi connectivity index (χ0n) is 5.00. The summed E-state index contributed by atoms with van der Waals surface area (Å²) < 4.78 is 4.57. The van der Waals surface area contributed by atoms with Gasteiger partial charge in [-0.1, -0.05) is 0 Å². The average Bonchev–Trinajstić information content (AvgIpc) is 2.38. The predicted molar refractivity (Wildman–Crippen MR) is 34.7 cm³/mol. The third-order valence-electron chi connectivity index (χ3n) is 0.892. The molecule has 1 aromatic heterocycles. The van der Waals surface area contributed by atoms with Gasteiger partial charge in [0, 0.05) is 0 Å². The van der Waals surface area contributed by atoms with Crippen LogP contribution in [0.4, 0.5) is 0 Å². The van der Waals surface area contributed by atoms with Gasteiger partial charge in [-0.15, -0.1) is 11.6 Å². The smallest absolute Gasteiger partial charge is 0.274 e. The number of halogens is 1. The van der Waals surface area contributed by atoms with Gasteiger partial charge in [-0.3, -0.25) is 4.79 Å². The molecular formula is C5H5ClN2O2. The maximum Gasteiger partial charge on any atom is 0.274 e. The number of hydrogen-bond donors (Lipinski definition) is 1. The quantitative estimate of drug-likeness (QED) is 0.509. The van der Waals surface area contributed by atoms with E-state index < -0.39 is 0 Å². The van der Waals surface area contributed by atoms with Crippen LogP contribution in [-0.2, 0) is 0 Å². The Kier molecular flexibility index (Phi) is 2.28. The molecule has 1 rings (SSSR count). The maximum atomic E-state index is 10.8. The van der Waals surface area contributed by atoms with E-state index in [-0.39, 0.29) is 17.6 Å². The van der Waals surface area contributed by atoms with Crippen LogP contribution in [0.5, 0.6) is 0 Å². The summed E-state index contributed by atoms with van der Waals surface area (Å²) >= 11 is 5.22. The molecule has 0 saturated heterocycles. The maximum absolute atomic E-state index is 10.8. The number of oxazole rings is 1. The molecule has 1 amide bonds. The molecule has 4 nitrogen and oxygen atoms in total. The molecule has 0 aromatic carbocycles. The van der Waals surface area contributed by atoms with Crippen molar-refractivity contribution in [2.75, 3.05) is 6.00 Å². The lowest BCUT2D eigenvalue weighted by Gasteiger charge is -1.92. The van der Waals surface area contributed by atoms with Gasteiger partial charge in [-0.05, 0) is 0 Å². The second-order valence-corrected chi connectivity index (χ2v) is 1.78. The minimum absolute atomic E-state index is 0.0751. The number of hydrogen-bond acceptors (Lipinski definition) is 3. The molecule has 1 aromatic rings. The van der Waals surface area contributed by atoms with Gasteiger partial charge in [0.05, 0.1) is 6.00 Å². The molecule has 0 aliphatic rings. The summed E-state index contributed by atoms with van der Waals surface area (Å²) in [4.78, 5) is 14.4. The SMILES string of the molecule is O=C(NCCl)c1cocn1. The van der Waals surface area contributed by atoms with Gasteiger partial charge in [0.2, 0.25) is 0 Å². The van der Waals surface area contributed by atoms with Crippen molar-refractivity contribution in [3.05, 3.63) is 18.4 Å². The van der Waals surface area contributed by atoms with Crippen LogP contribution >= 0.6 is 11.6 Å². The minimum Gasteiger partial charge on any atom is -0.451 e. The van der Waals surface area contributed by atoms with Crippen molar-refractivity contribution in [1.29, 1.82) is 0 Å². The molecule has 0 bridgehead atoms. The molecule has 0 aliphatic carbocycles. The highest BCUT2D eigenvalue weighted by molar-refractivity contribution is 6.18. The van der Waals surface area contributed by atoms with E-state index in [1.54, 1.807) is 0 Å². The van der Waals surface area contributed by atoms with E-state index >= 15 is 0 Å². The number of nitrogens with zero attached hydrogens (tertiary/aromatic N) is 1. The number of rotatable bonds is 2. The fourth-order valence-electron chi connectivity index (χ4n) is 0.476. The summed E-state index contributed by atoms with van der Waals surface area (Å²) in [5.74, 6) is -0.330. The summed E-state index contributed by atoms with van der Waals surface area (Å²) in [6.07, 6.45) is 2.44. The summed E-state index contributed by atoms with van der Waals surface area (Å²) in [5.41, 5.74) is 0.237. The molecule has 1 heterocycles. The molecule has 1 N–H and O–H groups in total. The highest BCUT2D eigenvalue weighted by Crippen LogP contribution is 1.92. The molecule has 10 heavy (non-hydrogen) atoms. The van der Waals surface area contributed by atoms with Gasteiger partial charge in [0.1, 0.15) is 6.26 Å². The Bertz CT molecular complexity index is 209. The Morgan fingerprint density at radius 1 is 1.90 bits per heavy atom. The number of amides is 1. The fraction of sp³-hybridized carbons (Fsp3) is 0.200. The molecule has 0 fully saturated rings. The van der Waals surface area contributed by atoms with Crippen LogP contribution in [0, 0.1) is 0 Å². The molecule has 0 radical (unpaired) electrons. The average molecular weight is 161 g/mol. The predicted octanol–water partition coefficient (Wildman–Crippen LogP) is 0.601. The van der Waals surface area contributed by atoms with Gasteiger partial charge in [0.25, 0.3) is 5.91 Å². The van der Waals surface area contributed by atoms with Crippen LogP contribution in [0.25, 0.3) is 0 Å². The van der Waals surface area contributed by atoms with Gasteiger partial charge in [0.15, 0.2) is 12.1 Å². The first-order valence-corrected chi connectivity index (χ1v) is 3.10. The Labute approximate surface area is 62.2 Å². The van der Waals surface area contributed by atoms with Crippen molar-refractivity contribution >= 4 is 17.5 Å².